The van der Waals surface area contributed by atoms with Crippen LogP contribution in [0.2, 0.25) is 0 Å². The molecule has 7 atom stereocenters. The molecule has 4 aliphatic rings. The molecule has 0 radical (unpaired) electrons. The monoisotopic (exact) mass is 328 g/mol. The van der Waals surface area contributed by atoms with Gasteiger partial charge in [-0.05, 0) is 42.9 Å². The average Bonchev–Trinajstić information content (AvgIpc) is 2.98. The Bertz CT molecular complexity index is 509. The summed E-state index contributed by atoms with van der Waals surface area (Å²) in [6.07, 6.45) is -3.92. The molecule has 0 spiro atoms. The number of hydrogen-bond acceptors (Lipinski definition) is 3. The van der Waals surface area contributed by atoms with Gasteiger partial charge in [-0.1, -0.05) is 12.8 Å². The molecule has 1 aliphatic heterocycles. The van der Waals surface area contributed by atoms with E-state index in [-0.39, 0.29) is 18.3 Å². The smallest absolute Gasteiger partial charge is 0.380 e. The van der Waals surface area contributed by atoms with Gasteiger partial charge in [0.2, 0.25) is 0 Å². The third-order valence-corrected chi connectivity index (χ3v) is 6.47. The minimum absolute atomic E-state index is 0.00964. The van der Waals surface area contributed by atoms with Crippen LogP contribution in [0.4, 0.5) is 22.0 Å². The van der Waals surface area contributed by atoms with Crippen molar-refractivity contribution in [3.05, 3.63) is 0 Å². The quantitative estimate of drug-likeness (QED) is 0.672. The first kappa shape index (κ1) is 15.1. The molecule has 3 saturated carbocycles. The first-order chi connectivity index (χ1) is 10.1. The summed E-state index contributed by atoms with van der Waals surface area (Å²) in [5.74, 6) is -11.1. The van der Waals surface area contributed by atoms with Crippen molar-refractivity contribution in [2.45, 2.75) is 61.7 Å². The molecule has 3 nitrogen and oxygen atoms in total. The topological polar surface area (TPSA) is 49.7 Å². The van der Waals surface area contributed by atoms with Crippen LogP contribution in [-0.4, -0.2) is 39.8 Å². The summed E-state index contributed by atoms with van der Waals surface area (Å²) >= 11 is 0. The molecule has 126 valence electrons. The highest BCUT2D eigenvalue weighted by Gasteiger charge is 2.90. The van der Waals surface area contributed by atoms with Crippen molar-refractivity contribution in [3.63, 3.8) is 0 Å². The number of rotatable bonds is 0. The summed E-state index contributed by atoms with van der Waals surface area (Å²) in [6.45, 7) is 0. The maximum atomic E-state index is 14.5. The third kappa shape index (κ3) is 1.35. The zero-order valence-corrected chi connectivity index (χ0v) is 11.6. The summed E-state index contributed by atoms with van der Waals surface area (Å²) in [5.41, 5.74) is -2.93. The number of fused-ring (bicyclic) bond motifs is 8. The van der Waals surface area contributed by atoms with Crippen molar-refractivity contribution < 1.29 is 36.9 Å². The Morgan fingerprint density at radius 3 is 2.14 bits per heavy atom. The van der Waals surface area contributed by atoms with Crippen molar-refractivity contribution in [1.29, 1.82) is 0 Å². The fourth-order valence-electron chi connectivity index (χ4n) is 5.62. The molecule has 0 aromatic carbocycles. The molecule has 4 fully saturated rings. The molecular weight excluding hydrogens is 311 g/mol. The van der Waals surface area contributed by atoms with Crippen molar-refractivity contribution in [2.75, 3.05) is 0 Å². The second-order valence-electron chi connectivity index (χ2n) is 7.20. The molecule has 7 unspecified atom stereocenters. The van der Waals surface area contributed by atoms with E-state index in [1.807, 2.05) is 0 Å². The van der Waals surface area contributed by atoms with E-state index in [0.29, 0.717) is 6.42 Å². The van der Waals surface area contributed by atoms with Crippen molar-refractivity contribution >= 4 is 0 Å². The van der Waals surface area contributed by atoms with E-state index < -0.39 is 41.4 Å². The van der Waals surface area contributed by atoms with Gasteiger partial charge in [-0.25, -0.2) is 0 Å². The van der Waals surface area contributed by atoms with Gasteiger partial charge in [0, 0.05) is 0 Å². The molecular formula is C14H17F5O3. The number of aliphatic hydroxyl groups is 2. The highest BCUT2D eigenvalue weighted by molar-refractivity contribution is 5.26. The van der Waals surface area contributed by atoms with Gasteiger partial charge in [-0.15, -0.1) is 0 Å². The summed E-state index contributed by atoms with van der Waals surface area (Å²) < 4.78 is 72.5. The molecule has 8 heteroatoms. The molecule has 2 bridgehead atoms. The molecule has 4 rings (SSSR count). The maximum absolute atomic E-state index is 14.5. The first-order valence-electron chi connectivity index (χ1n) is 7.63. The summed E-state index contributed by atoms with van der Waals surface area (Å²) in [5, 5.41) is 20.1. The van der Waals surface area contributed by atoms with Crippen molar-refractivity contribution in [1.82, 2.24) is 0 Å². The van der Waals surface area contributed by atoms with E-state index in [0.717, 1.165) is 19.3 Å². The van der Waals surface area contributed by atoms with E-state index >= 15 is 0 Å². The second kappa shape index (κ2) is 3.95. The second-order valence-corrected chi connectivity index (χ2v) is 7.20. The SMILES string of the molecule is OC12C3CC(C4CCCCC43)C1OC(O)(C(F)(F)F)C2(F)F. The molecule has 0 aromatic heterocycles. The van der Waals surface area contributed by atoms with Crippen LogP contribution in [0.5, 0.6) is 0 Å². The van der Waals surface area contributed by atoms with Gasteiger partial charge in [-0.3, -0.25) is 0 Å². The fraction of sp³-hybridized carbons (Fsp3) is 1.00. The molecule has 3 aliphatic carbocycles. The highest BCUT2D eigenvalue weighted by Crippen LogP contribution is 2.71. The van der Waals surface area contributed by atoms with Crippen LogP contribution in [0.3, 0.4) is 0 Å². The van der Waals surface area contributed by atoms with Crippen molar-refractivity contribution in [2.24, 2.45) is 23.7 Å². The minimum Gasteiger partial charge on any atom is -0.380 e. The Morgan fingerprint density at radius 2 is 1.55 bits per heavy atom. The van der Waals surface area contributed by atoms with Gasteiger partial charge in [0.25, 0.3) is 0 Å². The molecule has 0 amide bonds. The summed E-state index contributed by atoms with van der Waals surface area (Å²) in [6, 6.07) is 0. The number of ether oxygens (including phenoxy) is 1. The summed E-state index contributed by atoms with van der Waals surface area (Å²) in [4.78, 5) is 0. The van der Waals surface area contributed by atoms with Crippen molar-refractivity contribution in [3.8, 4) is 0 Å². The lowest BCUT2D eigenvalue weighted by Gasteiger charge is -2.46. The number of alkyl halides is 5. The van der Waals surface area contributed by atoms with E-state index in [1.54, 1.807) is 0 Å². The molecule has 22 heavy (non-hydrogen) atoms. The van der Waals surface area contributed by atoms with E-state index in [9.17, 15) is 32.2 Å². The zero-order valence-electron chi connectivity index (χ0n) is 11.6. The van der Waals surface area contributed by atoms with Crippen LogP contribution < -0.4 is 0 Å². The molecule has 1 saturated heterocycles. The average molecular weight is 328 g/mol. The fourth-order valence-corrected chi connectivity index (χ4v) is 5.62. The van der Waals surface area contributed by atoms with Gasteiger partial charge < -0.3 is 14.9 Å². The van der Waals surface area contributed by atoms with Crippen LogP contribution in [-0.2, 0) is 4.74 Å². The van der Waals surface area contributed by atoms with Crippen LogP contribution >= 0.6 is 0 Å². The van der Waals surface area contributed by atoms with Gasteiger partial charge in [0.1, 0.15) is 0 Å². The summed E-state index contributed by atoms with van der Waals surface area (Å²) in [7, 11) is 0. The lowest BCUT2D eigenvalue weighted by Crippen LogP contribution is -2.66. The molecule has 2 N–H and O–H groups in total. The van der Waals surface area contributed by atoms with E-state index in [4.69, 9.17) is 0 Å². The molecule has 1 heterocycles. The number of halogens is 5. The highest BCUT2D eigenvalue weighted by atomic mass is 19.4. The van der Waals surface area contributed by atoms with E-state index in [1.165, 1.54) is 0 Å². The minimum atomic E-state index is -5.67. The van der Waals surface area contributed by atoms with Crippen LogP contribution in [0.1, 0.15) is 32.1 Å². The Labute approximate surface area is 123 Å². The largest absolute Gasteiger partial charge is 0.449 e. The van der Waals surface area contributed by atoms with Gasteiger partial charge >= 0.3 is 17.9 Å². The Kier molecular flexibility index (Phi) is 2.71. The van der Waals surface area contributed by atoms with Gasteiger partial charge in [0.15, 0.2) is 5.60 Å². The van der Waals surface area contributed by atoms with Gasteiger partial charge in [-0.2, -0.15) is 22.0 Å². The predicted molar refractivity (Wildman–Crippen MR) is 62.8 cm³/mol. The standard InChI is InChI=1S/C14H17F5O3/c15-12(16)11(20)9-5-8(6-3-1-2-4-7(6)9)10(11)22-13(12,21)14(17,18)19/h6-10,20-21H,1-5H2. The first-order valence-corrected chi connectivity index (χ1v) is 7.63. The predicted octanol–water partition coefficient (Wildman–Crippen LogP) is 2.46. The lowest BCUT2D eigenvalue weighted by molar-refractivity contribution is -0.415. The molecule has 0 aromatic rings. The van der Waals surface area contributed by atoms with E-state index in [2.05, 4.69) is 4.74 Å². The van der Waals surface area contributed by atoms with Crippen LogP contribution in [0.15, 0.2) is 0 Å². The zero-order chi connectivity index (χ0) is 16.1. The van der Waals surface area contributed by atoms with Crippen LogP contribution in [0, 0.1) is 23.7 Å². The van der Waals surface area contributed by atoms with Gasteiger partial charge in [0.05, 0.1) is 6.10 Å². The Balaban J connectivity index is 1.80. The Morgan fingerprint density at radius 1 is 0.955 bits per heavy atom. The number of hydrogen-bond donors (Lipinski definition) is 2. The normalized spacial score (nSPS) is 56.0. The maximum Gasteiger partial charge on any atom is 0.449 e. The van der Waals surface area contributed by atoms with Crippen LogP contribution in [0.25, 0.3) is 0 Å². The lowest BCUT2D eigenvalue weighted by atomic mass is 9.63. The third-order valence-electron chi connectivity index (χ3n) is 6.47. The Hall–Kier alpha value is -0.470.